The summed E-state index contributed by atoms with van der Waals surface area (Å²) in [6, 6.07) is 5.36. The summed E-state index contributed by atoms with van der Waals surface area (Å²) in [6.07, 6.45) is -0.480. The number of carbonyl (C=O) groups excluding carboxylic acids is 1. The molecule has 0 atom stereocenters. The Balaban J connectivity index is 2.52. The molecule has 0 aromatic heterocycles. The van der Waals surface area contributed by atoms with Crippen LogP contribution in [0.3, 0.4) is 0 Å². The maximum atomic E-state index is 11.4. The highest BCUT2D eigenvalue weighted by atomic mass is 79.9. The molecule has 0 fully saturated rings. The van der Waals surface area contributed by atoms with E-state index in [4.69, 9.17) is 16.3 Å². The fraction of sp³-hybridized carbons (Fsp3) is 0.357. The van der Waals surface area contributed by atoms with Gasteiger partial charge in [0.05, 0.1) is 6.54 Å². The summed E-state index contributed by atoms with van der Waals surface area (Å²) in [7, 11) is 0. The maximum Gasteiger partial charge on any atom is 0.408 e. The summed E-state index contributed by atoms with van der Waals surface area (Å²) in [4.78, 5) is 11.4. The van der Waals surface area contributed by atoms with Gasteiger partial charge < -0.3 is 10.1 Å². The number of nitrogens with one attached hydrogen (secondary N) is 1. The number of hydrogen-bond donors (Lipinski definition) is 1. The van der Waals surface area contributed by atoms with Crippen LogP contribution in [0.2, 0.25) is 5.02 Å². The molecule has 1 aromatic rings. The highest BCUT2D eigenvalue weighted by molar-refractivity contribution is 9.10. The van der Waals surface area contributed by atoms with Gasteiger partial charge in [-0.1, -0.05) is 23.4 Å². The molecule has 0 aliphatic heterocycles. The van der Waals surface area contributed by atoms with Crippen LogP contribution in [0.5, 0.6) is 0 Å². The number of carbonyl (C=O) groups is 1. The molecule has 3 nitrogen and oxygen atoms in total. The second kappa shape index (κ2) is 6.83. The summed E-state index contributed by atoms with van der Waals surface area (Å²) in [5.41, 5.74) is 0.270. The quantitative estimate of drug-likeness (QED) is 0.783. The standard InChI is InChI=1S/C14H15BrClNO2/c1-14(2,3)19-13(18)17-8-4-5-10-9-11(16)6-7-12(10)15/h6-7,9H,8H2,1-3H3,(H,17,18). The second-order valence-corrected chi connectivity index (χ2v) is 6.07. The lowest BCUT2D eigenvalue weighted by molar-refractivity contribution is 0.0535. The van der Waals surface area contributed by atoms with Crippen molar-refractivity contribution in [3.8, 4) is 11.8 Å². The smallest absolute Gasteiger partial charge is 0.408 e. The van der Waals surface area contributed by atoms with Crippen molar-refractivity contribution in [1.29, 1.82) is 0 Å². The van der Waals surface area contributed by atoms with E-state index in [0.717, 1.165) is 10.0 Å². The van der Waals surface area contributed by atoms with Gasteiger partial charge in [-0.15, -0.1) is 0 Å². The van der Waals surface area contributed by atoms with Crippen LogP contribution >= 0.6 is 27.5 Å². The first kappa shape index (κ1) is 15.9. The second-order valence-electron chi connectivity index (χ2n) is 4.78. The van der Waals surface area contributed by atoms with Crippen LogP contribution in [-0.2, 0) is 4.74 Å². The van der Waals surface area contributed by atoms with Gasteiger partial charge in [0.15, 0.2) is 0 Å². The first-order chi connectivity index (χ1) is 8.78. The molecule has 1 rings (SSSR count). The Kier molecular flexibility index (Phi) is 5.71. The molecule has 0 aliphatic rings. The molecule has 102 valence electrons. The molecular formula is C14H15BrClNO2. The number of rotatable bonds is 1. The van der Waals surface area contributed by atoms with Crippen molar-refractivity contribution in [2.24, 2.45) is 0 Å². The van der Waals surface area contributed by atoms with Crippen molar-refractivity contribution in [3.63, 3.8) is 0 Å². The molecular weight excluding hydrogens is 330 g/mol. The number of ether oxygens (including phenoxy) is 1. The van der Waals surface area contributed by atoms with Crippen molar-refractivity contribution in [2.45, 2.75) is 26.4 Å². The van der Waals surface area contributed by atoms with E-state index < -0.39 is 11.7 Å². The van der Waals surface area contributed by atoms with E-state index in [2.05, 4.69) is 33.1 Å². The summed E-state index contributed by atoms with van der Waals surface area (Å²) >= 11 is 9.25. The van der Waals surface area contributed by atoms with Crippen LogP contribution in [0.25, 0.3) is 0 Å². The SMILES string of the molecule is CC(C)(C)OC(=O)NCC#Cc1cc(Cl)ccc1Br. The third-order valence-corrected chi connectivity index (χ3v) is 2.80. The monoisotopic (exact) mass is 343 g/mol. The van der Waals surface area contributed by atoms with Gasteiger partial charge in [0, 0.05) is 15.1 Å². The van der Waals surface area contributed by atoms with E-state index in [9.17, 15) is 4.79 Å². The first-order valence-electron chi connectivity index (χ1n) is 5.69. The third kappa shape index (κ3) is 6.51. The summed E-state index contributed by atoms with van der Waals surface area (Å²) < 4.78 is 5.95. The fourth-order valence-corrected chi connectivity index (χ4v) is 1.68. The molecule has 0 spiro atoms. The van der Waals surface area contributed by atoms with E-state index in [0.29, 0.717) is 5.02 Å². The first-order valence-corrected chi connectivity index (χ1v) is 6.86. The molecule has 5 heteroatoms. The van der Waals surface area contributed by atoms with Gasteiger partial charge in [0.25, 0.3) is 0 Å². The lowest BCUT2D eigenvalue weighted by Gasteiger charge is -2.19. The number of hydrogen-bond acceptors (Lipinski definition) is 2. The van der Waals surface area contributed by atoms with Crippen molar-refractivity contribution in [3.05, 3.63) is 33.3 Å². The van der Waals surface area contributed by atoms with Crippen molar-refractivity contribution in [2.75, 3.05) is 6.54 Å². The van der Waals surface area contributed by atoms with Crippen LogP contribution in [0, 0.1) is 11.8 Å². The minimum absolute atomic E-state index is 0.216. The molecule has 0 unspecified atom stereocenters. The highest BCUT2D eigenvalue weighted by Crippen LogP contribution is 2.19. The van der Waals surface area contributed by atoms with Crippen molar-refractivity contribution in [1.82, 2.24) is 5.32 Å². The average molecular weight is 345 g/mol. The van der Waals surface area contributed by atoms with E-state index >= 15 is 0 Å². The molecule has 19 heavy (non-hydrogen) atoms. The Morgan fingerprint density at radius 3 is 2.79 bits per heavy atom. The summed E-state index contributed by atoms with van der Waals surface area (Å²) in [5, 5.41) is 3.18. The molecule has 0 heterocycles. The van der Waals surface area contributed by atoms with Gasteiger partial charge in [-0.2, -0.15) is 0 Å². The van der Waals surface area contributed by atoms with E-state index in [-0.39, 0.29) is 6.54 Å². The predicted octanol–water partition coefficient (Wildman–Crippen LogP) is 3.98. The van der Waals surface area contributed by atoms with Crippen LogP contribution in [-0.4, -0.2) is 18.2 Å². The van der Waals surface area contributed by atoms with Crippen LogP contribution in [0.15, 0.2) is 22.7 Å². The van der Waals surface area contributed by atoms with E-state index in [1.807, 2.05) is 6.07 Å². The Bertz CT molecular complexity index is 526. The number of halogens is 2. The molecule has 1 amide bonds. The van der Waals surface area contributed by atoms with Gasteiger partial charge in [-0.25, -0.2) is 4.79 Å². The van der Waals surface area contributed by atoms with Gasteiger partial charge in [0.2, 0.25) is 0 Å². The Morgan fingerprint density at radius 2 is 2.16 bits per heavy atom. The zero-order valence-corrected chi connectivity index (χ0v) is 13.4. The lowest BCUT2D eigenvalue weighted by Crippen LogP contribution is -2.32. The Morgan fingerprint density at radius 1 is 1.47 bits per heavy atom. The maximum absolute atomic E-state index is 11.4. The minimum atomic E-state index is -0.506. The summed E-state index contributed by atoms with van der Waals surface area (Å²) in [6.45, 7) is 5.64. The summed E-state index contributed by atoms with van der Waals surface area (Å²) in [5.74, 6) is 5.76. The topological polar surface area (TPSA) is 38.3 Å². The van der Waals surface area contributed by atoms with Crippen molar-refractivity contribution < 1.29 is 9.53 Å². The fourth-order valence-electron chi connectivity index (χ4n) is 1.16. The van der Waals surface area contributed by atoms with E-state index in [1.54, 1.807) is 32.9 Å². The van der Waals surface area contributed by atoms with Gasteiger partial charge >= 0.3 is 6.09 Å². The van der Waals surface area contributed by atoms with Crippen LogP contribution < -0.4 is 5.32 Å². The molecule has 0 aliphatic carbocycles. The molecule has 0 bridgehead atoms. The zero-order valence-electron chi connectivity index (χ0n) is 11.0. The molecule has 0 radical (unpaired) electrons. The van der Waals surface area contributed by atoms with Gasteiger partial charge in [0.1, 0.15) is 5.60 Å². The van der Waals surface area contributed by atoms with E-state index in [1.165, 1.54) is 0 Å². The van der Waals surface area contributed by atoms with Gasteiger partial charge in [-0.05, 0) is 54.9 Å². The largest absolute Gasteiger partial charge is 0.444 e. The average Bonchev–Trinajstić information content (AvgIpc) is 2.26. The zero-order chi connectivity index (χ0) is 14.5. The molecule has 1 aromatic carbocycles. The van der Waals surface area contributed by atoms with Crippen LogP contribution in [0.4, 0.5) is 4.79 Å². The minimum Gasteiger partial charge on any atom is -0.444 e. The number of benzene rings is 1. The number of amides is 1. The Hall–Kier alpha value is -1.18. The predicted molar refractivity (Wildman–Crippen MR) is 80.3 cm³/mol. The van der Waals surface area contributed by atoms with Gasteiger partial charge in [-0.3, -0.25) is 0 Å². The molecule has 0 saturated heterocycles. The van der Waals surface area contributed by atoms with Crippen LogP contribution in [0.1, 0.15) is 26.3 Å². The molecule has 1 N–H and O–H groups in total. The molecule has 0 saturated carbocycles. The number of alkyl carbamates (subject to hydrolysis) is 1. The Labute approximate surface area is 126 Å². The van der Waals surface area contributed by atoms with Crippen molar-refractivity contribution >= 4 is 33.6 Å². The lowest BCUT2D eigenvalue weighted by atomic mass is 10.2. The normalized spacial score (nSPS) is 10.4. The highest BCUT2D eigenvalue weighted by Gasteiger charge is 2.14. The third-order valence-electron chi connectivity index (χ3n) is 1.87.